The zero-order valence-electron chi connectivity index (χ0n) is 28.1. The molecule has 0 aliphatic carbocycles. The van der Waals surface area contributed by atoms with Crippen LogP contribution in [0, 0.1) is 0 Å². The lowest BCUT2D eigenvalue weighted by molar-refractivity contribution is 1.08. The molecule has 0 unspecified atom stereocenters. The van der Waals surface area contributed by atoms with Crippen molar-refractivity contribution in [3.8, 4) is 56.4 Å². The molecule has 0 saturated heterocycles. The van der Waals surface area contributed by atoms with Gasteiger partial charge in [0.15, 0.2) is 17.5 Å². The van der Waals surface area contributed by atoms with Crippen LogP contribution >= 0.6 is 0 Å². The van der Waals surface area contributed by atoms with E-state index in [0.717, 1.165) is 66.0 Å². The van der Waals surface area contributed by atoms with Gasteiger partial charge in [-0.25, -0.2) is 15.0 Å². The molecule has 0 aliphatic heterocycles. The number of nitrogens with zero attached hydrogens (tertiary/aromatic N) is 4. The first-order chi connectivity index (χ1) is 25.8. The Kier molecular flexibility index (Phi) is 7.10. The van der Waals surface area contributed by atoms with Crippen LogP contribution < -0.4 is 0 Å². The third-order valence-corrected chi connectivity index (χ3v) is 9.97. The molecule has 0 spiro atoms. The summed E-state index contributed by atoms with van der Waals surface area (Å²) in [5, 5.41) is 8.04. The Balaban J connectivity index is 1.21. The molecule has 0 amide bonds. The van der Waals surface area contributed by atoms with Gasteiger partial charge >= 0.3 is 0 Å². The van der Waals surface area contributed by atoms with Gasteiger partial charge in [0.25, 0.3) is 0 Å². The maximum Gasteiger partial charge on any atom is 0.164 e. The van der Waals surface area contributed by atoms with E-state index in [1.165, 1.54) is 16.2 Å². The second kappa shape index (κ2) is 12.4. The molecule has 4 nitrogen and oxygen atoms in total. The Morgan fingerprint density at radius 2 is 0.885 bits per heavy atom. The molecule has 10 aromatic rings. The first-order valence-corrected chi connectivity index (χ1v) is 17.5. The number of benzene rings is 8. The number of hydrogen-bond donors (Lipinski definition) is 0. The van der Waals surface area contributed by atoms with E-state index in [9.17, 15) is 0 Å². The predicted molar refractivity (Wildman–Crippen MR) is 215 cm³/mol. The van der Waals surface area contributed by atoms with Crippen molar-refractivity contribution in [1.29, 1.82) is 0 Å². The Bertz CT molecular complexity index is 2960. The van der Waals surface area contributed by atoms with Gasteiger partial charge in [-0.2, -0.15) is 0 Å². The molecule has 4 heteroatoms. The van der Waals surface area contributed by atoms with E-state index in [4.69, 9.17) is 15.0 Å². The Labute approximate surface area is 300 Å². The van der Waals surface area contributed by atoms with Gasteiger partial charge in [0, 0.05) is 28.3 Å². The summed E-state index contributed by atoms with van der Waals surface area (Å²) in [6, 6.07) is 61.6. The first-order valence-electron chi connectivity index (χ1n) is 17.5. The molecule has 0 saturated carbocycles. The van der Waals surface area contributed by atoms with E-state index in [1.807, 2.05) is 12.3 Å². The molecule has 0 atom stereocenters. The highest BCUT2D eigenvalue weighted by atomic mass is 15.0. The zero-order chi connectivity index (χ0) is 34.4. The van der Waals surface area contributed by atoms with Gasteiger partial charge < -0.3 is 0 Å². The molecule has 8 aromatic carbocycles. The van der Waals surface area contributed by atoms with E-state index in [0.29, 0.717) is 17.5 Å². The molecule has 0 bridgehead atoms. The standard InChI is InChI=1S/C48H30N4/c1-3-12-32(13-4-1)37-23-22-36(30-44(37)33-14-5-2-6-15-33)47-50-46(35-21-20-31-11-7-8-16-34(31)29-35)51-48(52-47)43-18-9-17-38-39-26-27-45-42(19-10-28-49-45)40(39)24-25-41(38)43/h1-30H. The maximum absolute atomic E-state index is 5.25. The summed E-state index contributed by atoms with van der Waals surface area (Å²) < 4.78 is 0. The summed E-state index contributed by atoms with van der Waals surface area (Å²) in [6.45, 7) is 0. The van der Waals surface area contributed by atoms with Crippen LogP contribution in [0.1, 0.15) is 0 Å². The predicted octanol–water partition coefficient (Wildman–Crippen LogP) is 12.2. The highest BCUT2D eigenvalue weighted by Gasteiger charge is 2.18. The van der Waals surface area contributed by atoms with E-state index in [2.05, 4.69) is 175 Å². The van der Waals surface area contributed by atoms with Crippen molar-refractivity contribution in [2.45, 2.75) is 0 Å². The lowest BCUT2D eigenvalue weighted by Crippen LogP contribution is -2.01. The fraction of sp³-hybridized carbons (Fsp3) is 0. The summed E-state index contributed by atoms with van der Waals surface area (Å²) in [7, 11) is 0. The van der Waals surface area contributed by atoms with Crippen molar-refractivity contribution in [2.75, 3.05) is 0 Å². The van der Waals surface area contributed by atoms with Crippen LogP contribution in [0.4, 0.5) is 0 Å². The summed E-state index contributed by atoms with van der Waals surface area (Å²) in [5.74, 6) is 1.89. The largest absolute Gasteiger partial charge is 0.256 e. The SMILES string of the molecule is c1ccc(-c2ccc(-c3nc(-c4ccc5ccccc5c4)nc(-c4cccc5c4ccc4c6cccnc6ccc54)n3)cc2-c2ccccc2)cc1. The minimum atomic E-state index is 0.625. The molecular weight excluding hydrogens is 633 g/mol. The molecule has 0 fully saturated rings. The van der Waals surface area contributed by atoms with Gasteiger partial charge in [-0.05, 0) is 78.8 Å². The fourth-order valence-electron chi connectivity index (χ4n) is 7.42. The van der Waals surface area contributed by atoms with Crippen LogP contribution in [-0.2, 0) is 0 Å². The maximum atomic E-state index is 5.25. The van der Waals surface area contributed by atoms with Gasteiger partial charge in [-0.3, -0.25) is 4.98 Å². The zero-order valence-corrected chi connectivity index (χ0v) is 28.1. The summed E-state index contributed by atoms with van der Waals surface area (Å²) in [5.41, 5.74) is 8.39. The minimum Gasteiger partial charge on any atom is -0.256 e. The Hall–Kier alpha value is -7.04. The molecule has 242 valence electrons. The van der Waals surface area contributed by atoms with Gasteiger partial charge in [-0.1, -0.05) is 152 Å². The minimum absolute atomic E-state index is 0.625. The number of pyridine rings is 1. The lowest BCUT2D eigenvalue weighted by atomic mass is 9.92. The smallest absolute Gasteiger partial charge is 0.164 e. The second-order valence-corrected chi connectivity index (χ2v) is 13.1. The van der Waals surface area contributed by atoms with Crippen LogP contribution in [0.3, 0.4) is 0 Å². The third-order valence-electron chi connectivity index (χ3n) is 9.97. The average molecular weight is 663 g/mol. The van der Waals surface area contributed by atoms with E-state index < -0.39 is 0 Å². The van der Waals surface area contributed by atoms with Crippen molar-refractivity contribution < 1.29 is 0 Å². The molecule has 2 aromatic heterocycles. The van der Waals surface area contributed by atoms with Gasteiger partial charge in [0.05, 0.1) is 5.52 Å². The fourth-order valence-corrected chi connectivity index (χ4v) is 7.42. The Morgan fingerprint density at radius 1 is 0.288 bits per heavy atom. The van der Waals surface area contributed by atoms with E-state index in [-0.39, 0.29) is 0 Å². The lowest BCUT2D eigenvalue weighted by Gasteiger charge is -2.14. The third kappa shape index (κ3) is 5.17. The van der Waals surface area contributed by atoms with Crippen molar-refractivity contribution in [3.63, 3.8) is 0 Å². The quantitative estimate of drug-likeness (QED) is 0.172. The van der Waals surface area contributed by atoms with Gasteiger partial charge in [-0.15, -0.1) is 0 Å². The highest BCUT2D eigenvalue weighted by Crippen LogP contribution is 2.38. The number of fused-ring (bicyclic) bond motifs is 6. The van der Waals surface area contributed by atoms with Gasteiger partial charge in [0.2, 0.25) is 0 Å². The molecule has 0 radical (unpaired) electrons. The van der Waals surface area contributed by atoms with Crippen molar-refractivity contribution in [3.05, 3.63) is 182 Å². The number of hydrogen-bond acceptors (Lipinski definition) is 4. The number of rotatable bonds is 5. The van der Waals surface area contributed by atoms with Crippen LogP contribution in [0.15, 0.2) is 182 Å². The molecule has 0 N–H and O–H groups in total. The van der Waals surface area contributed by atoms with Crippen molar-refractivity contribution in [2.24, 2.45) is 0 Å². The molecular formula is C48H30N4. The van der Waals surface area contributed by atoms with Crippen LogP contribution in [0.5, 0.6) is 0 Å². The normalized spacial score (nSPS) is 11.5. The summed E-state index contributed by atoms with van der Waals surface area (Å²) in [4.78, 5) is 20.2. The van der Waals surface area contributed by atoms with Gasteiger partial charge in [0.1, 0.15) is 0 Å². The van der Waals surface area contributed by atoms with E-state index >= 15 is 0 Å². The second-order valence-electron chi connectivity index (χ2n) is 13.1. The van der Waals surface area contributed by atoms with Crippen LogP contribution in [-0.4, -0.2) is 19.9 Å². The Morgan fingerprint density at radius 3 is 1.69 bits per heavy atom. The topological polar surface area (TPSA) is 51.6 Å². The highest BCUT2D eigenvalue weighted by molar-refractivity contribution is 6.18. The van der Waals surface area contributed by atoms with E-state index in [1.54, 1.807) is 0 Å². The monoisotopic (exact) mass is 662 g/mol. The van der Waals surface area contributed by atoms with Crippen molar-refractivity contribution in [1.82, 2.24) is 19.9 Å². The first kappa shape index (κ1) is 29.8. The summed E-state index contributed by atoms with van der Waals surface area (Å²) in [6.07, 6.45) is 1.84. The molecule has 10 rings (SSSR count). The van der Waals surface area contributed by atoms with Crippen LogP contribution in [0.2, 0.25) is 0 Å². The molecule has 2 heterocycles. The van der Waals surface area contributed by atoms with Crippen LogP contribution in [0.25, 0.3) is 99.6 Å². The van der Waals surface area contributed by atoms with Crippen molar-refractivity contribution >= 4 is 43.2 Å². The number of aromatic nitrogens is 4. The average Bonchev–Trinajstić information content (AvgIpc) is 3.23. The molecule has 52 heavy (non-hydrogen) atoms. The summed E-state index contributed by atoms with van der Waals surface area (Å²) >= 11 is 0. The molecule has 0 aliphatic rings.